The third-order valence-electron chi connectivity index (χ3n) is 5.13. The lowest BCUT2D eigenvalue weighted by Crippen LogP contribution is -2.29. The van der Waals surface area contributed by atoms with Crippen LogP contribution in [0.5, 0.6) is 0 Å². The predicted molar refractivity (Wildman–Crippen MR) is 124 cm³/mol. The fourth-order valence-electron chi connectivity index (χ4n) is 3.25. The number of ether oxygens (including phenoxy) is 2. The number of unbranched alkanes of at least 4 members (excludes halogenated alkanes) is 12. The van der Waals surface area contributed by atoms with Crippen molar-refractivity contribution in [1.29, 1.82) is 0 Å². The molecular weight excluding hydrogens is 435 g/mol. The molecule has 1 unspecified atom stereocenters. The van der Waals surface area contributed by atoms with E-state index in [4.69, 9.17) is 19.3 Å². The van der Waals surface area contributed by atoms with Gasteiger partial charge in [0.2, 0.25) is 0 Å². The molecule has 0 aromatic rings. The van der Waals surface area contributed by atoms with Crippen LogP contribution < -0.4 is 0 Å². The molecule has 0 aliphatic rings. The first-order valence-electron chi connectivity index (χ1n) is 12.3. The summed E-state index contributed by atoms with van der Waals surface area (Å²) in [5, 5.41) is 0. The molecule has 0 aromatic heterocycles. The predicted octanol–water partition coefficient (Wildman–Crippen LogP) is 5.83. The SMILES string of the molecule is CCCCCCCCCCC(=O)OC(COC(=O)CCCCCCCC)COP(=O)(O)O. The third kappa shape index (κ3) is 22.3. The maximum Gasteiger partial charge on any atom is 0.469 e. The van der Waals surface area contributed by atoms with Crippen LogP contribution in [-0.4, -0.2) is 41.0 Å². The van der Waals surface area contributed by atoms with Crippen molar-refractivity contribution in [2.24, 2.45) is 0 Å². The molecule has 0 fully saturated rings. The summed E-state index contributed by atoms with van der Waals surface area (Å²) in [6.07, 6.45) is 14.5. The minimum atomic E-state index is -4.72. The Morgan fingerprint density at radius 1 is 0.688 bits per heavy atom. The summed E-state index contributed by atoms with van der Waals surface area (Å²) >= 11 is 0. The molecule has 0 heterocycles. The molecule has 8 nitrogen and oxygen atoms in total. The van der Waals surface area contributed by atoms with Crippen LogP contribution >= 0.6 is 7.82 Å². The van der Waals surface area contributed by atoms with E-state index < -0.39 is 32.5 Å². The van der Waals surface area contributed by atoms with Gasteiger partial charge in [0.05, 0.1) is 6.61 Å². The Kier molecular flexibility index (Phi) is 20.0. The van der Waals surface area contributed by atoms with E-state index in [1.165, 1.54) is 32.1 Å². The molecule has 0 rings (SSSR count). The van der Waals surface area contributed by atoms with Crippen molar-refractivity contribution < 1.29 is 37.9 Å². The van der Waals surface area contributed by atoms with Gasteiger partial charge < -0.3 is 19.3 Å². The van der Waals surface area contributed by atoms with E-state index in [1.54, 1.807) is 0 Å². The first-order valence-corrected chi connectivity index (χ1v) is 13.9. The van der Waals surface area contributed by atoms with Gasteiger partial charge in [-0.05, 0) is 12.8 Å². The average Bonchev–Trinajstić information content (AvgIpc) is 2.73. The molecule has 32 heavy (non-hydrogen) atoms. The number of rotatable bonds is 22. The van der Waals surface area contributed by atoms with Crippen molar-refractivity contribution in [2.75, 3.05) is 13.2 Å². The highest BCUT2D eigenvalue weighted by molar-refractivity contribution is 7.46. The number of carbonyl (C=O) groups excluding carboxylic acids is 2. The van der Waals surface area contributed by atoms with Gasteiger partial charge >= 0.3 is 19.8 Å². The van der Waals surface area contributed by atoms with Crippen LogP contribution in [0.3, 0.4) is 0 Å². The molecule has 0 spiro atoms. The summed E-state index contributed by atoms with van der Waals surface area (Å²) in [7, 11) is -4.72. The van der Waals surface area contributed by atoms with E-state index >= 15 is 0 Å². The van der Waals surface area contributed by atoms with Crippen molar-refractivity contribution in [3.8, 4) is 0 Å². The molecule has 0 aromatic carbocycles. The molecule has 190 valence electrons. The minimum absolute atomic E-state index is 0.215. The smallest absolute Gasteiger partial charge is 0.462 e. The Hall–Kier alpha value is -0.950. The lowest BCUT2D eigenvalue weighted by atomic mass is 10.1. The normalized spacial score (nSPS) is 12.5. The van der Waals surface area contributed by atoms with Crippen molar-refractivity contribution >= 4 is 19.8 Å². The van der Waals surface area contributed by atoms with Gasteiger partial charge in [-0.1, -0.05) is 90.9 Å². The largest absolute Gasteiger partial charge is 0.469 e. The molecule has 1 atom stereocenters. The van der Waals surface area contributed by atoms with Crippen LogP contribution in [-0.2, 0) is 28.2 Å². The molecule has 0 aliphatic heterocycles. The lowest BCUT2D eigenvalue weighted by Gasteiger charge is -2.18. The second kappa shape index (κ2) is 20.6. The molecule has 2 N–H and O–H groups in total. The first kappa shape index (κ1) is 31.0. The van der Waals surface area contributed by atoms with Crippen LogP contribution in [0, 0.1) is 0 Å². The quantitative estimate of drug-likeness (QED) is 0.113. The Labute approximate surface area is 194 Å². The molecular formula is C23H45O8P. The number of phosphoric ester groups is 1. The Morgan fingerprint density at radius 2 is 1.12 bits per heavy atom. The monoisotopic (exact) mass is 480 g/mol. The molecule has 0 aliphatic carbocycles. The third-order valence-corrected chi connectivity index (χ3v) is 5.61. The summed E-state index contributed by atoms with van der Waals surface area (Å²) in [6, 6.07) is 0. The number of hydrogen-bond donors (Lipinski definition) is 2. The number of hydrogen-bond acceptors (Lipinski definition) is 6. The minimum Gasteiger partial charge on any atom is -0.462 e. The summed E-state index contributed by atoms with van der Waals surface area (Å²) in [4.78, 5) is 41.8. The van der Waals surface area contributed by atoms with Gasteiger partial charge in [-0.25, -0.2) is 4.57 Å². The van der Waals surface area contributed by atoms with Gasteiger partial charge in [-0.3, -0.25) is 14.1 Å². The van der Waals surface area contributed by atoms with Crippen LogP contribution in [0.2, 0.25) is 0 Å². The lowest BCUT2D eigenvalue weighted by molar-refractivity contribution is -0.161. The summed E-state index contributed by atoms with van der Waals surface area (Å²) in [6.45, 7) is 3.52. The Balaban J connectivity index is 4.17. The van der Waals surface area contributed by atoms with Crippen LogP contribution in [0.1, 0.15) is 117 Å². The number of phosphoric acid groups is 1. The van der Waals surface area contributed by atoms with E-state index in [2.05, 4.69) is 18.4 Å². The summed E-state index contributed by atoms with van der Waals surface area (Å²) in [5.74, 6) is -0.900. The molecule has 0 saturated heterocycles. The Morgan fingerprint density at radius 3 is 1.59 bits per heavy atom. The van der Waals surface area contributed by atoms with E-state index in [9.17, 15) is 14.2 Å². The van der Waals surface area contributed by atoms with Gasteiger partial charge in [-0.2, -0.15) is 0 Å². The van der Waals surface area contributed by atoms with Crippen molar-refractivity contribution in [3.63, 3.8) is 0 Å². The topological polar surface area (TPSA) is 119 Å². The Bertz CT molecular complexity index is 520. The van der Waals surface area contributed by atoms with Crippen LogP contribution in [0.25, 0.3) is 0 Å². The van der Waals surface area contributed by atoms with Gasteiger partial charge in [0, 0.05) is 12.8 Å². The fourth-order valence-corrected chi connectivity index (χ4v) is 3.61. The second-order valence-electron chi connectivity index (χ2n) is 8.32. The number of esters is 2. The average molecular weight is 481 g/mol. The van der Waals surface area contributed by atoms with Crippen LogP contribution in [0.15, 0.2) is 0 Å². The van der Waals surface area contributed by atoms with Gasteiger partial charge in [0.15, 0.2) is 6.10 Å². The number of carbonyl (C=O) groups is 2. The highest BCUT2D eigenvalue weighted by atomic mass is 31.2. The fraction of sp³-hybridized carbons (Fsp3) is 0.913. The van der Waals surface area contributed by atoms with Gasteiger partial charge in [-0.15, -0.1) is 0 Å². The highest BCUT2D eigenvalue weighted by Crippen LogP contribution is 2.35. The maximum absolute atomic E-state index is 12.1. The standard InChI is InChI=1S/C23H45O8P/c1-3-5-7-9-11-12-14-16-18-23(25)31-21(20-30-32(26,27)28)19-29-22(24)17-15-13-10-8-6-4-2/h21H,3-20H2,1-2H3,(H2,26,27,28). The molecule has 9 heteroatoms. The van der Waals surface area contributed by atoms with Gasteiger partial charge in [0.1, 0.15) is 6.61 Å². The van der Waals surface area contributed by atoms with Crippen molar-refractivity contribution in [3.05, 3.63) is 0 Å². The van der Waals surface area contributed by atoms with E-state index in [0.717, 1.165) is 51.4 Å². The zero-order valence-electron chi connectivity index (χ0n) is 20.1. The summed E-state index contributed by atoms with van der Waals surface area (Å²) < 4.78 is 25.8. The molecule has 0 bridgehead atoms. The molecule has 0 radical (unpaired) electrons. The highest BCUT2D eigenvalue weighted by Gasteiger charge is 2.22. The van der Waals surface area contributed by atoms with Crippen molar-refractivity contribution in [1.82, 2.24) is 0 Å². The van der Waals surface area contributed by atoms with E-state index in [-0.39, 0.29) is 19.4 Å². The van der Waals surface area contributed by atoms with E-state index in [0.29, 0.717) is 6.42 Å². The van der Waals surface area contributed by atoms with E-state index in [1.807, 2.05) is 0 Å². The first-order chi connectivity index (χ1) is 15.3. The zero-order valence-corrected chi connectivity index (χ0v) is 21.0. The molecule has 0 saturated carbocycles. The second-order valence-corrected chi connectivity index (χ2v) is 9.56. The zero-order chi connectivity index (χ0) is 24.1. The van der Waals surface area contributed by atoms with Crippen LogP contribution in [0.4, 0.5) is 0 Å². The van der Waals surface area contributed by atoms with Crippen molar-refractivity contribution in [2.45, 2.75) is 123 Å². The summed E-state index contributed by atoms with van der Waals surface area (Å²) in [5.41, 5.74) is 0. The molecule has 0 amide bonds. The maximum atomic E-state index is 12.1. The van der Waals surface area contributed by atoms with Gasteiger partial charge in [0.25, 0.3) is 0 Å².